The average Bonchev–Trinajstić information content (AvgIpc) is 2.82. The third kappa shape index (κ3) is 4.35. The third-order valence-electron chi connectivity index (χ3n) is 3.60. The SMILES string of the molecule is Cc1nccc(CNCC(O)CC2CCCC2)n1. The van der Waals surface area contributed by atoms with Crippen LogP contribution in [0.1, 0.15) is 43.6 Å². The fraction of sp³-hybridized carbons (Fsp3) is 0.714. The minimum Gasteiger partial charge on any atom is -0.392 e. The van der Waals surface area contributed by atoms with Gasteiger partial charge in [-0.15, -0.1) is 0 Å². The molecule has 1 atom stereocenters. The Morgan fingerprint density at radius 2 is 2.22 bits per heavy atom. The number of hydrogen-bond acceptors (Lipinski definition) is 4. The van der Waals surface area contributed by atoms with Crippen molar-refractivity contribution in [3.63, 3.8) is 0 Å². The second-order valence-corrected chi connectivity index (χ2v) is 5.27. The first-order valence-corrected chi connectivity index (χ1v) is 6.91. The van der Waals surface area contributed by atoms with Gasteiger partial charge >= 0.3 is 0 Å². The van der Waals surface area contributed by atoms with Crippen molar-refractivity contribution in [3.05, 3.63) is 23.8 Å². The molecule has 1 aliphatic rings. The predicted octanol–water partition coefficient (Wildman–Crippen LogP) is 1.82. The molecule has 1 saturated carbocycles. The number of nitrogens with zero attached hydrogens (tertiary/aromatic N) is 2. The van der Waals surface area contributed by atoms with Crippen molar-refractivity contribution < 1.29 is 5.11 Å². The molecule has 2 rings (SSSR count). The maximum atomic E-state index is 9.95. The number of aromatic nitrogens is 2. The van der Waals surface area contributed by atoms with Crippen molar-refractivity contribution in [1.82, 2.24) is 15.3 Å². The van der Waals surface area contributed by atoms with Gasteiger partial charge in [0.1, 0.15) is 5.82 Å². The summed E-state index contributed by atoms with van der Waals surface area (Å²) in [7, 11) is 0. The summed E-state index contributed by atoms with van der Waals surface area (Å²) < 4.78 is 0. The van der Waals surface area contributed by atoms with Crippen molar-refractivity contribution in [2.24, 2.45) is 5.92 Å². The highest BCUT2D eigenvalue weighted by Gasteiger charge is 2.18. The molecule has 1 unspecified atom stereocenters. The van der Waals surface area contributed by atoms with Gasteiger partial charge in [0.2, 0.25) is 0 Å². The van der Waals surface area contributed by atoms with E-state index in [0.29, 0.717) is 13.1 Å². The number of nitrogens with one attached hydrogen (secondary N) is 1. The third-order valence-corrected chi connectivity index (χ3v) is 3.60. The molecule has 0 aliphatic heterocycles. The van der Waals surface area contributed by atoms with Gasteiger partial charge in [-0.25, -0.2) is 9.97 Å². The van der Waals surface area contributed by atoms with Crippen molar-refractivity contribution in [2.45, 2.75) is 51.7 Å². The van der Waals surface area contributed by atoms with Crippen LogP contribution in [-0.2, 0) is 6.54 Å². The molecule has 18 heavy (non-hydrogen) atoms. The highest BCUT2D eigenvalue weighted by atomic mass is 16.3. The number of rotatable bonds is 6. The van der Waals surface area contributed by atoms with Crippen LogP contribution < -0.4 is 5.32 Å². The Morgan fingerprint density at radius 3 is 2.94 bits per heavy atom. The summed E-state index contributed by atoms with van der Waals surface area (Å²) in [5, 5.41) is 13.2. The van der Waals surface area contributed by atoms with Gasteiger partial charge in [-0.3, -0.25) is 0 Å². The second kappa shape index (κ2) is 6.81. The van der Waals surface area contributed by atoms with Gasteiger partial charge in [-0.1, -0.05) is 25.7 Å². The van der Waals surface area contributed by atoms with E-state index in [2.05, 4.69) is 15.3 Å². The monoisotopic (exact) mass is 249 g/mol. The van der Waals surface area contributed by atoms with Gasteiger partial charge in [0.15, 0.2) is 0 Å². The molecule has 0 saturated heterocycles. The van der Waals surface area contributed by atoms with Crippen LogP contribution in [0.4, 0.5) is 0 Å². The standard InChI is InChI=1S/C14H23N3O/c1-11-16-7-6-13(17-11)9-15-10-14(18)8-12-4-2-3-5-12/h6-7,12,14-15,18H,2-5,8-10H2,1H3. The largest absolute Gasteiger partial charge is 0.392 e. The zero-order valence-electron chi connectivity index (χ0n) is 11.1. The van der Waals surface area contributed by atoms with E-state index in [-0.39, 0.29) is 6.10 Å². The lowest BCUT2D eigenvalue weighted by Crippen LogP contribution is -2.28. The Kier molecular flexibility index (Phi) is 5.08. The predicted molar refractivity (Wildman–Crippen MR) is 71.1 cm³/mol. The Hall–Kier alpha value is -1.00. The molecular weight excluding hydrogens is 226 g/mol. The van der Waals surface area contributed by atoms with Crippen LogP contribution in [0.2, 0.25) is 0 Å². The molecule has 1 fully saturated rings. The highest BCUT2D eigenvalue weighted by Crippen LogP contribution is 2.28. The summed E-state index contributed by atoms with van der Waals surface area (Å²) in [6.45, 7) is 3.24. The fourth-order valence-corrected chi connectivity index (χ4v) is 2.68. The quantitative estimate of drug-likeness (QED) is 0.807. The van der Waals surface area contributed by atoms with E-state index in [1.807, 2.05) is 13.0 Å². The van der Waals surface area contributed by atoms with Gasteiger partial charge in [0, 0.05) is 19.3 Å². The van der Waals surface area contributed by atoms with Crippen LogP contribution in [0.5, 0.6) is 0 Å². The van der Waals surface area contributed by atoms with Crippen molar-refractivity contribution >= 4 is 0 Å². The first kappa shape index (κ1) is 13.4. The Labute approximate surface area is 109 Å². The Bertz CT molecular complexity index is 364. The molecule has 2 N–H and O–H groups in total. The molecule has 0 aromatic carbocycles. The highest BCUT2D eigenvalue weighted by molar-refractivity contribution is 5.00. The van der Waals surface area contributed by atoms with E-state index >= 15 is 0 Å². The van der Waals surface area contributed by atoms with Crippen LogP contribution in [0, 0.1) is 12.8 Å². The van der Waals surface area contributed by atoms with E-state index in [0.717, 1.165) is 23.9 Å². The molecule has 4 heteroatoms. The summed E-state index contributed by atoms with van der Waals surface area (Å²) >= 11 is 0. The van der Waals surface area contributed by atoms with Gasteiger partial charge in [-0.05, 0) is 25.3 Å². The van der Waals surface area contributed by atoms with Crippen LogP contribution in [0.15, 0.2) is 12.3 Å². The minimum absolute atomic E-state index is 0.226. The number of aliphatic hydroxyl groups is 1. The molecule has 1 heterocycles. The lowest BCUT2D eigenvalue weighted by Gasteiger charge is -2.15. The lowest BCUT2D eigenvalue weighted by molar-refractivity contribution is 0.140. The first-order chi connectivity index (χ1) is 8.74. The van der Waals surface area contributed by atoms with E-state index < -0.39 is 0 Å². The fourth-order valence-electron chi connectivity index (χ4n) is 2.68. The van der Waals surface area contributed by atoms with Gasteiger partial charge in [0.05, 0.1) is 11.8 Å². The topological polar surface area (TPSA) is 58.0 Å². The molecule has 0 amide bonds. The summed E-state index contributed by atoms with van der Waals surface area (Å²) in [6.07, 6.45) is 7.75. The van der Waals surface area contributed by atoms with E-state index in [1.54, 1.807) is 6.20 Å². The minimum atomic E-state index is -0.226. The molecule has 100 valence electrons. The number of aryl methyl sites for hydroxylation is 1. The number of hydrogen-bond donors (Lipinski definition) is 2. The zero-order valence-corrected chi connectivity index (χ0v) is 11.1. The van der Waals surface area contributed by atoms with Gasteiger partial charge < -0.3 is 10.4 Å². The van der Waals surface area contributed by atoms with Crippen LogP contribution in [0.25, 0.3) is 0 Å². The molecule has 0 bridgehead atoms. The molecule has 0 radical (unpaired) electrons. The van der Waals surface area contributed by atoms with Crippen molar-refractivity contribution in [3.8, 4) is 0 Å². The molecular formula is C14H23N3O. The zero-order chi connectivity index (χ0) is 12.8. The molecule has 1 aromatic heterocycles. The Balaban J connectivity index is 1.65. The molecule has 1 aromatic rings. The maximum absolute atomic E-state index is 9.95. The van der Waals surface area contributed by atoms with Crippen molar-refractivity contribution in [1.29, 1.82) is 0 Å². The van der Waals surface area contributed by atoms with Crippen LogP contribution >= 0.6 is 0 Å². The normalized spacial score (nSPS) is 18.1. The van der Waals surface area contributed by atoms with E-state index in [9.17, 15) is 5.11 Å². The summed E-state index contributed by atoms with van der Waals surface area (Å²) in [6, 6.07) is 1.91. The molecule has 4 nitrogen and oxygen atoms in total. The van der Waals surface area contributed by atoms with E-state index in [1.165, 1.54) is 25.7 Å². The number of aliphatic hydroxyl groups excluding tert-OH is 1. The van der Waals surface area contributed by atoms with Crippen LogP contribution in [-0.4, -0.2) is 27.7 Å². The average molecular weight is 249 g/mol. The summed E-state index contributed by atoms with van der Waals surface area (Å²) in [5.74, 6) is 1.53. The second-order valence-electron chi connectivity index (χ2n) is 5.27. The molecule has 1 aliphatic carbocycles. The Morgan fingerprint density at radius 1 is 1.44 bits per heavy atom. The lowest BCUT2D eigenvalue weighted by atomic mass is 10.0. The molecule has 0 spiro atoms. The van der Waals surface area contributed by atoms with Gasteiger partial charge in [-0.2, -0.15) is 0 Å². The van der Waals surface area contributed by atoms with E-state index in [4.69, 9.17) is 0 Å². The first-order valence-electron chi connectivity index (χ1n) is 6.91. The van der Waals surface area contributed by atoms with Crippen LogP contribution in [0.3, 0.4) is 0 Å². The van der Waals surface area contributed by atoms with Crippen molar-refractivity contribution in [2.75, 3.05) is 6.54 Å². The summed E-state index contributed by atoms with van der Waals surface area (Å²) in [4.78, 5) is 8.38. The smallest absolute Gasteiger partial charge is 0.125 e. The summed E-state index contributed by atoms with van der Waals surface area (Å²) in [5.41, 5.74) is 0.982. The maximum Gasteiger partial charge on any atom is 0.125 e. The van der Waals surface area contributed by atoms with Gasteiger partial charge in [0.25, 0.3) is 0 Å².